The van der Waals surface area contributed by atoms with Crippen LogP contribution in [0.25, 0.3) is 11.3 Å². The number of carbonyl (C=O) groups excluding carboxylic acids is 1. The number of aryl methyl sites for hydroxylation is 1. The van der Waals surface area contributed by atoms with Gasteiger partial charge in [-0.3, -0.25) is 10.1 Å². The molecule has 1 N–H and O–H groups in total. The van der Waals surface area contributed by atoms with Crippen molar-refractivity contribution in [2.75, 3.05) is 18.4 Å². The lowest BCUT2D eigenvalue weighted by molar-refractivity contribution is 0.102. The van der Waals surface area contributed by atoms with E-state index in [1.807, 2.05) is 17.5 Å². The fraction of sp³-hybridized carbons (Fsp3) is 0.333. The minimum Gasteiger partial charge on any atom is -0.298 e. The summed E-state index contributed by atoms with van der Waals surface area (Å²) in [4.78, 5) is 17.3. The lowest BCUT2D eigenvalue weighted by Gasteiger charge is -2.21. The van der Waals surface area contributed by atoms with Gasteiger partial charge < -0.3 is 0 Å². The molecule has 0 saturated carbocycles. The Morgan fingerprint density at radius 3 is 2.45 bits per heavy atom. The lowest BCUT2D eigenvalue weighted by atomic mass is 10.1. The van der Waals surface area contributed by atoms with Crippen LogP contribution >= 0.6 is 22.9 Å². The second-order valence-corrected chi connectivity index (χ2v) is 11.2. The normalized spacial score (nSPS) is 15.2. The van der Waals surface area contributed by atoms with E-state index in [1.54, 1.807) is 0 Å². The highest BCUT2D eigenvalue weighted by atomic mass is 35.5. The largest absolute Gasteiger partial charge is 0.298 e. The van der Waals surface area contributed by atoms with E-state index in [2.05, 4.69) is 29.4 Å². The molecule has 4 rings (SSSR count). The van der Waals surface area contributed by atoms with Gasteiger partial charge in [-0.2, -0.15) is 4.31 Å². The summed E-state index contributed by atoms with van der Waals surface area (Å²) in [7, 11) is -3.77. The maximum Gasteiger partial charge on any atom is 0.257 e. The molecule has 1 saturated heterocycles. The number of aromatic nitrogens is 1. The number of nitrogens with zero attached hydrogens (tertiary/aromatic N) is 2. The maximum atomic E-state index is 13.2. The number of rotatable bonds is 6. The van der Waals surface area contributed by atoms with Crippen molar-refractivity contribution in [2.24, 2.45) is 0 Å². The third-order valence-electron chi connectivity index (χ3n) is 5.76. The first-order chi connectivity index (χ1) is 15.9. The topological polar surface area (TPSA) is 79.4 Å². The van der Waals surface area contributed by atoms with Crippen LogP contribution in [-0.2, 0) is 16.4 Å². The molecule has 0 aliphatic carbocycles. The fourth-order valence-corrected chi connectivity index (χ4v) is 6.54. The average Bonchev–Trinajstić information content (AvgIpc) is 3.10. The summed E-state index contributed by atoms with van der Waals surface area (Å²) in [5.41, 5.74) is 3.22. The van der Waals surface area contributed by atoms with Crippen molar-refractivity contribution in [2.45, 2.75) is 43.9 Å². The Morgan fingerprint density at radius 2 is 1.79 bits per heavy atom. The molecule has 6 nitrogen and oxygen atoms in total. The molecule has 0 bridgehead atoms. The van der Waals surface area contributed by atoms with E-state index in [9.17, 15) is 13.2 Å². The van der Waals surface area contributed by atoms with Gasteiger partial charge >= 0.3 is 0 Å². The van der Waals surface area contributed by atoms with E-state index in [0.717, 1.165) is 43.4 Å². The zero-order valence-electron chi connectivity index (χ0n) is 18.4. The summed E-state index contributed by atoms with van der Waals surface area (Å²) in [6, 6.07) is 12.5. The Kier molecular flexibility index (Phi) is 7.48. The summed E-state index contributed by atoms with van der Waals surface area (Å²) in [5, 5.41) is 5.22. The van der Waals surface area contributed by atoms with Gasteiger partial charge in [0, 0.05) is 29.6 Å². The van der Waals surface area contributed by atoms with Crippen molar-refractivity contribution >= 4 is 44.0 Å². The summed E-state index contributed by atoms with van der Waals surface area (Å²) < 4.78 is 27.9. The van der Waals surface area contributed by atoms with Gasteiger partial charge in [-0.15, -0.1) is 11.3 Å². The summed E-state index contributed by atoms with van der Waals surface area (Å²) in [6.07, 6.45) is 4.64. The lowest BCUT2D eigenvalue weighted by Crippen LogP contribution is -2.32. The van der Waals surface area contributed by atoms with Crippen LogP contribution < -0.4 is 5.32 Å². The highest BCUT2D eigenvalue weighted by Crippen LogP contribution is 2.29. The monoisotopic (exact) mass is 503 g/mol. The average molecular weight is 504 g/mol. The van der Waals surface area contributed by atoms with Crippen molar-refractivity contribution < 1.29 is 13.2 Å². The number of hydrogen-bond donors (Lipinski definition) is 1. The minimum absolute atomic E-state index is 0.0328. The molecular formula is C24H26ClN3O3S2. The Morgan fingerprint density at radius 1 is 1.09 bits per heavy atom. The fourth-order valence-electron chi connectivity index (χ4n) is 3.81. The summed E-state index contributed by atoms with van der Waals surface area (Å²) in [5.74, 6) is -0.429. The van der Waals surface area contributed by atoms with Crippen molar-refractivity contribution in [3.8, 4) is 11.3 Å². The van der Waals surface area contributed by atoms with Crippen LogP contribution in [0, 0.1) is 0 Å². The summed E-state index contributed by atoms with van der Waals surface area (Å²) in [6.45, 7) is 3.04. The Balaban J connectivity index is 1.53. The van der Waals surface area contributed by atoms with Gasteiger partial charge in [0.15, 0.2) is 5.13 Å². The van der Waals surface area contributed by atoms with Gasteiger partial charge in [0.2, 0.25) is 10.0 Å². The number of hydrogen-bond acceptors (Lipinski definition) is 5. The highest BCUT2D eigenvalue weighted by Gasteiger charge is 2.28. The van der Waals surface area contributed by atoms with Crippen molar-refractivity contribution in [3.63, 3.8) is 0 Å². The predicted octanol–water partition coefficient (Wildman–Crippen LogP) is 5.84. The highest BCUT2D eigenvalue weighted by molar-refractivity contribution is 7.89. The molecule has 1 aliphatic rings. The first-order valence-corrected chi connectivity index (χ1v) is 13.7. The van der Waals surface area contributed by atoms with E-state index < -0.39 is 15.9 Å². The van der Waals surface area contributed by atoms with E-state index in [0.29, 0.717) is 18.2 Å². The van der Waals surface area contributed by atoms with Crippen molar-refractivity contribution in [1.29, 1.82) is 0 Å². The zero-order chi connectivity index (χ0) is 23.4. The van der Waals surface area contributed by atoms with Gasteiger partial charge in [-0.05, 0) is 43.0 Å². The second-order valence-electron chi connectivity index (χ2n) is 8.01. The second kappa shape index (κ2) is 10.3. The zero-order valence-corrected chi connectivity index (χ0v) is 20.8. The molecule has 1 aliphatic heterocycles. The maximum absolute atomic E-state index is 13.2. The third-order valence-corrected chi connectivity index (χ3v) is 8.90. The predicted molar refractivity (Wildman–Crippen MR) is 134 cm³/mol. The van der Waals surface area contributed by atoms with Gasteiger partial charge in [0.05, 0.1) is 10.7 Å². The number of carbonyl (C=O) groups is 1. The van der Waals surface area contributed by atoms with Gasteiger partial charge in [-0.1, -0.05) is 55.6 Å². The Bertz CT molecular complexity index is 1230. The SMILES string of the molecule is CCc1ccc(-c2csc(NC(=O)c3ccc(Cl)c(S(=O)(=O)N4CCCCCC4)c3)n2)cc1. The smallest absolute Gasteiger partial charge is 0.257 e. The summed E-state index contributed by atoms with van der Waals surface area (Å²) >= 11 is 7.57. The van der Waals surface area contributed by atoms with Crippen LogP contribution in [0.4, 0.5) is 5.13 Å². The van der Waals surface area contributed by atoms with Crippen LogP contribution in [0.1, 0.15) is 48.5 Å². The van der Waals surface area contributed by atoms with Crippen LogP contribution in [0.15, 0.2) is 52.7 Å². The molecule has 0 atom stereocenters. The number of amides is 1. The number of halogens is 1. The van der Waals surface area contributed by atoms with Crippen LogP contribution in [0.2, 0.25) is 5.02 Å². The molecule has 2 heterocycles. The molecule has 0 spiro atoms. The molecule has 3 aromatic rings. The third kappa shape index (κ3) is 5.46. The molecular weight excluding hydrogens is 478 g/mol. The molecule has 174 valence electrons. The first kappa shape index (κ1) is 23.9. The standard InChI is InChI=1S/C24H26ClN3O3S2/c1-2-17-7-9-18(10-8-17)21-16-32-24(26-21)27-23(29)19-11-12-20(25)22(15-19)33(30,31)28-13-5-3-4-6-14-28/h7-12,15-16H,2-6,13-14H2,1H3,(H,26,27,29). The van der Waals surface area contributed by atoms with Crippen LogP contribution in [0.5, 0.6) is 0 Å². The quantitative estimate of drug-likeness (QED) is 0.458. The van der Waals surface area contributed by atoms with E-state index in [4.69, 9.17) is 11.6 Å². The number of sulfonamides is 1. The number of anilines is 1. The number of benzene rings is 2. The molecule has 33 heavy (non-hydrogen) atoms. The van der Waals surface area contributed by atoms with Gasteiger partial charge in [0.1, 0.15) is 4.90 Å². The Hall–Kier alpha value is -2.26. The minimum atomic E-state index is -3.77. The van der Waals surface area contributed by atoms with Gasteiger partial charge in [0.25, 0.3) is 5.91 Å². The Labute approximate surface area is 203 Å². The molecule has 1 fully saturated rings. The van der Waals surface area contributed by atoms with E-state index in [-0.39, 0.29) is 15.5 Å². The molecule has 9 heteroatoms. The van der Waals surface area contributed by atoms with Crippen LogP contribution in [0.3, 0.4) is 0 Å². The van der Waals surface area contributed by atoms with E-state index in [1.165, 1.54) is 39.4 Å². The van der Waals surface area contributed by atoms with Crippen LogP contribution in [-0.4, -0.2) is 36.7 Å². The number of nitrogens with one attached hydrogen (secondary N) is 1. The molecule has 1 amide bonds. The molecule has 0 unspecified atom stereocenters. The van der Waals surface area contributed by atoms with E-state index >= 15 is 0 Å². The molecule has 0 radical (unpaired) electrons. The number of thiazole rings is 1. The molecule has 1 aromatic heterocycles. The van der Waals surface area contributed by atoms with Crippen molar-refractivity contribution in [1.82, 2.24) is 9.29 Å². The molecule has 2 aromatic carbocycles. The first-order valence-electron chi connectivity index (χ1n) is 11.0. The van der Waals surface area contributed by atoms with Gasteiger partial charge in [-0.25, -0.2) is 13.4 Å². The van der Waals surface area contributed by atoms with Crippen molar-refractivity contribution in [3.05, 3.63) is 64.0 Å².